The van der Waals surface area contributed by atoms with Gasteiger partial charge in [0.25, 0.3) is 0 Å². The summed E-state index contributed by atoms with van der Waals surface area (Å²) in [6.07, 6.45) is 21.7. The molecular formula is C34H49NO5. The minimum absolute atomic E-state index is 0.158. The van der Waals surface area contributed by atoms with Crippen LogP contribution in [0.15, 0.2) is 48.5 Å². The number of unbranched alkanes of at least 4 members (excludes halogenated alkanes) is 13. The van der Waals surface area contributed by atoms with Crippen LogP contribution in [-0.2, 0) is 9.59 Å². The zero-order chi connectivity index (χ0) is 28.8. The van der Waals surface area contributed by atoms with Gasteiger partial charge in [-0.05, 0) is 54.5 Å². The summed E-state index contributed by atoms with van der Waals surface area (Å²) in [7, 11) is 1.61. The summed E-state index contributed by atoms with van der Waals surface area (Å²) in [4.78, 5) is 23.3. The molecule has 0 bridgehead atoms. The number of hydrogen-bond donors (Lipinski definition) is 1. The molecule has 1 N–H and O–H groups in total. The Balaban J connectivity index is 1.60. The van der Waals surface area contributed by atoms with Crippen LogP contribution in [0.2, 0.25) is 0 Å². The number of amides is 1. The molecule has 0 aromatic heterocycles. The van der Waals surface area contributed by atoms with Gasteiger partial charge in [-0.2, -0.15) is 0 Å². The highest BCUT2D eigenvalue weighted by Gasteiger charge is 2.06. The Morgan fingerprint density at radius 3 is 1.88 bits per heavy atom. The second-order valence-electron chi connectivity index (χ2n) is 10.3. The summed E-state index contributed by atoms with van der Waals surface area (Å²) in [5.41, 5.74) is 1.44. The van der Waals surface area contributed by atoms with Crippen LogP contribution in [0.1, 0.15) is 109 Å². The van der Waals surface area contributed by atoms with E-state index in [2.05, 4.69) is 12.2 Å². The van der Waals surface area contributed by atoms with Crippen LogP contribution in [0.5, 0.6) is 17.2 Å². The third-order valence-electron chi connectivity index (χ3n) is 6.75. The monoisotopic (exact) mass is 551 g/mol. The van der Waals surface area contributed by atoms with Gasteiger partial charge >= 0.3 is 5.97 Å². The van der Waals surface area contributed by atoms with Crippen LogP contribution in [-0.4, -0.2) is 25.6 Å². The van der Waals surface area contributed by atoms with E-state index in [1.807, 2.05) is 18.2 Å². The van der Waals surface area contributed by atoms with Crippen molar-refractivity contribution in [2.45, 2.75) is 104 Å². The van der Waals surface area contributed by atoms with Crippen LogP contribution in [0, 0.1) is 0 Å². The first kappa shape index (κ1) is 32.9. The number of anilines is 1. The van der Waals surface area contributed by atoms with Gasteiger partial charge in [0.05, 0.1) is 13.7 Å². The normalized spacial score (nSPS) is 11.0. The summed E-state index contributed by atoms with van der Waals surface area (Å²) < 4.78 is 16.8. The molecule has 0 aliphatic heterocycles. The molecule has 0 spiro atoms. The van der Waals surface area contributed by atoms with Gasteiger partial charge in [-0.15, -0.1) is 0 Å². The van der Waals surface area contributed by atoms with E-state index in [1.54, 1.807) is 37.5 Å². The predicted octanol–water partition coefficient (Wildman–Crippen LogP) is 9.13. The molecule has 40 heavy (non-hydrogen) atoms. The van der Waals surface area contributed by atoms with Gasteiger partial charge in [0, 0.05) is 18.7 Å². The number of carbonyl (C=O) groups excluding carboxylic acids is 2. The Morgan fingerprint density at radius 2 is 1.32 bits per heavy atom. The maximum atomic E-state index is 12.2. The van der Waals surface area contributed by atoms with E-state index in [9.17, 15) is 9.59 Å². The molecule has 0 aliphatic carbocycles. The Kier molecular flexibility index (Phi) is 17.0. The fraction of sp³-hybridized carbons (Fsp3) is 0.529. The number of methoxy groups -OCH3 is 1. The number of ether oxygens (including phenoxy) is 3. The van der Waals surface area contributed by atoms with Gasteiger partial charge in [-0.3, -0.25) is 4.79 Å². The number of esters is 1. The molecule has 0 saturated heterocycles. The first-order valence-corrected chi connectivity index (χ1v) is 15.1. The SMILES string of the molecule is CCCCCCCCCCCCCCCCOc1ccc(/C=C/C(=O)Oc2ccc(NC(C)=O)cc2)cc1OC. The largest absolute Gasteiger partial charge is 0.493 e. The van der Waals surface area contributed by atoms with Crippen molar-refractivity contribution in [3.8, 4) is 17.2 Å². The van der Waals surface area contributed by atoms with E-state index < -0.39 is 5.97 Å². The number of benzene rings is 2. The molecule has 6 heteroatoms. The maximum absolute atomic E-state index is 12.2. The first-order chi connectivity index (χ1) is 19.5. The molecule has 6 nitrogen and oxygen atoms in total. The molecule has 0 saturated carbocycles. The van der Waals surface area contributed by atoms with Gasteiger partial charge in [-0.1, -0.05) is 96.5 Å². The van der Waals surface area contributed by atoms with Gasteiger partial charge in [0.2, 0.25) is 5.91 Å². The highest BCUT2D eigenvalue weighted by atomic mass is 16.5. The number of nitrogens with one attached hydrogen (secondary N) is 1. The molecule has 0 radical (unpaired) electrons. The second kappa shape index (κ2) is 20.6. The summed E-state index contributed by atoms with van der Waals surface area (Å²) in [5, 5.41) is 2.67. The first-order valence-electron chi connectivity index (χ1n) is 15.1. The van der Waals surface area contributed by atoms with Gasteiger partial charge in [0.15, 0.2) is 11.5 Å². The van der Waals surface area contributed by atoms with E-state index in [0.29, 0.717) is 29.5 Å². The van der Waals surface area contributed by atoms with E-state index in [0.717, 1.165) is 12.0 Å². The Bertz CT molecular complexity index is 1020. The van der Waals surface area contributed by atoms with Crippen molar-refractivity contribution in [3.05, 3.63) is 54.1 Å². The highest BCUT2D eigenvalue weighted by molar-refractivity contribution is 5.90. The Morgan fingerprint density at radius 1 is 0.750 bits per heavy atom. The van der Waals surface area contributed by atoms with Crippen LogP contribution in [0.4, 0.5) is 5.69 Å². The Hall–Kier alpha value is -3.28. The average Bonchev–Trinajstić information content (AvgIpc) is 2.95. The number of carbonyl (C=O) groups is 2. The van der Waals surface area contributed by atoms with E-state index in [-0.39, 0.29) is 5.91 Å². The van der Waals surface area contributed by atoms with E-state index >= 15 is 0 Å². The van der Waals surface area contributed by atoms with Crippen LogP contribution < -0.4 is 19.5 Å². The zero-order valence-corrected chi connectivity index (χ0v) is 24.8. The molecule has 0 heterocycles. The van der Waals surface area contributed by atoms with Gasteiger partial charge in [-0.25, -0.2) is 4.79 Å². The van der Waals surface area contributed by atoms with Crippen molar-refractivity contribution >= 4 is 23.6 Å². The van der Waals surface area contributed by atoms with E-state index in [1.165, 1.54) is 96.5 Å². The van der Waals surface area contributed by atoms with Gasteiger partial charge in [0.1, 0.15) is 5.75 Å². The maximum Gasteiger partial charge on any atom is 0.336 e. The molecule has 0 aliphatic rings. The third kappa shape index (κ3) is 14.8. The molecule has 0 unspecified atom stereocenters. The summed E-state index contributed by atoms with van der Waals surface area (Å²) in [5.74, 6) is 1.08. The van der Waals surface area contributed by atoms with Crippen LogP contribution >= 0.6 is 0 Å². The average molecular weight is 552 g/mol. The molecule has 220 valence electrons. The fourth-order valence-corrected chi connectivity index (χ4v) is 4.51. The molecule has 2 aromatic carbocycles. The fourth-order valence-electron chi connectivity index (χ4n) is 4.51. The zero-order valence-electron chi connectivity index (χ0n) is 24.8. The lowest BCUT2D eigenvalue weighted by molar-refractivity contribution is -0.128. The summed E-state index contributed by atoms with van der Waals surface area (Å²) >= 11 is 0. The summed E-state index contributed by atoms with van der Waals surface area (Å²) in [6, 6.07) is 12.2. The van der Waals surface area contributed by atoms with Crippen LogP contribution in [0.3, 0.4) is 0 Å². The van der Waals surface area contributed by atoms with Crippen molar-refractivity contribution < 1.29 is 23.8 Å². The second-order valence-corrected chi connectivity index (χ2v) is 10.3. The predicted molar refractivity (Wildman–Crippen MR) is 164 cm³/mol. The lowest BCUT2D eigenvalue weighted by Gasteiger charge is -2.11. The molecule has 0 fully saturated rings. The van der Waals surface area contributed by atoms with Crippen molar-refractivity contribution in [2.75, 3.05) is 19.0 Å². The third-order valence-corrected chi connectivity index (χ3v) is 6.75. The van der Waals surface area contributed by atoms with Crippen molar-refractivity contribution in [1.82, 2.24) is 0 Å². The topological polar surface area (TPSA) is 73.9 Å². The van der Waals surface area contributed by atoms with Crippen molar-refractivity contribution in [2.24, 2.45) is 0 Å². The molecule has 1 amide bonds. The minimum Gasteiger partial charge on any atom is -0.493 e. The standard InChI is InChI=1S/C34H49NO5/c1-4-5-6-7-8-9-10-11-12-13-14-15-16-17-26-39-32-24-18-29(27-33(32)38-3)19-25-34(37)40-31-22-20-30(21-23-31)35-28(2)36/h18-25,27H,4-17,26H2,1-3H3,(H,35,36)/b25-19+. The number of hydrogen-bond acceptors (Lipinski definition) is 5. The highest BCUT2D eigenvalue weighted by Crippen LogP contribution is 2.29. The lowest BCUT2D eigenvalue weighted by atomic mass is 10.0. The quantitative estimate of drug-likeness (QED) is 0.0725. The van der Waals surface area contributed by atoms with E-state index in [4.69, 9.17) is 14.2 Å². The van der Waals surface area contributed by atoms with Crippen molar-refractivity contribution in [3.63, 3.8) is 0 Å². The Labute approximate surface area is 241 Å². The molecular weight excluding hydrogens is 502 g/mol. The lowest BCUT2D eigenvalue weighted by Crippen LogP contribution is -2.06. The smallest absolute Gasteiger partial charge is 0.336 e. The molecule has 2 rings (SSSR count). The van der Waals surface area contributed by atoms with Crippen molar-refractivity contribution in [1.29, 1.82) is 0 Å². The minimum atomic E-state index is -0.496. The molecule has 0 atom stereocenters. The summed E-state index contributed by atoms with van der Waals surface area (Å²) in [6.45, 7) is 4.37. The van der Waals surface area contributed by atoms with Gasteiger partial charge < -0.3 is 19.5 Å². The van der Waals surface area contributed by atoms with Crippen LogP contribution in [0.25, 0.3) is 6.08 Å². The molecule has 2 aromatic rings. The number of rotatable bonds is 21.